The lowest BCUT2D eigenvalue weighted by Gasteiger charge is -2.17. The SMILES string of the molecule is Cc1ccccc1N=C1SCCN1C(=O)c1cccc(S(=O)(=O)N(C)C)c1. The fourth-order valence-corrected chi connectivity index (χ4v) is 4.53. The number of carbonyl (C=O) groups excluding carboxylic acids is 1. The summed E-state index contributed by atoms with van der Waals surface area (Å²) in [5, 5.41) is 0.634. The van der Waals surface area contributed by atoms with Crippen molar-refractivity contribution in [3.63, 3.8) is 0 Å². The predicted molar refractivity (Wildman–Crippen MR) is 109 cm³/mol. The van der Waals surface area contributed by atoms with E-state index >= 15 is 0 Å². The Morgan fingerprint density at radius 3 is 2.59 bits per heavy atom. The van der Waals surface area contributed by atoms with E-state index in [4.69, 9.17) is 0 Å². The number of amidine groups is 1. The van der Waals surface area contributed by atoms with Crippen molar-refractivity contribution >= 4 is 38.5 Å². The highest BCUT2D eigenvalue weighted by Gasteiger charge is 2.28. The van der Waals surface area contributed by atoms with E-state index in [-0.39, 0.29) is 10.8 Å². The summed E-state index contributed by atoms with van der Waals surface area (Å²) in [6.45, 7) is 2.51. The average Bonchev–Trinajstić information content (AvgIpc) is 3.11. The van der Waals surface area contributed by atoms with Crippen LogP contribution in [0.3, 0.4) is 0 Å². The lowest BCUT2D eigenvalue weighted by atomic mass is 10.2. The van der Waals surface area contributed by atoms with Gasteiger partial charge in [0.15, 0.2) is 5.17 Å². The van der Waals surface area contributed by atoms with Gasteiger partial charge >= 0.3 is 0 Å². The Hall–Kier alpha value is -2.16. The molecule has 0 spiro atoms. The molecular weight excluding hydrogens is 382 g/mol. The monoisotopic (exact) mass is 403 g/mol. The van der Waals surface area contributed by atoms with E-state index in [2.05, 4.69) is 4.99 Å². The molecule has 1 amide bonds. The molecule has 1 aliphatic heterocycles. The summed E-state index contributed by atoms with van der Waals surface area (Å²) in [6.07, 6.45) is 0. The van der Waals surface area contributed by atoms with Crippen LogP contribution in [0.4, 0.5) is 5.69 Å². The zero-order valence-electron chi connectivity index (χ0n) is 15.4. The fourth-order valence-electron chi connectivity index (χ4n) is 2.63. The highest BCUT2D eigenvalue weighted by atomic mass is 32.2. The van der Waals surface area contributed by atoms with E-state index in [1.165, 1.54) is 38.0 Å². The van der Waals surface area contributed by atoms with Gasteiger partial charge in [0, 0.05) is 32.0 Å². The number of benzene rings is 2. The average molecular weight is 404 g/mol. The van der Waals surface area contributed by atoms with Crippen LogP contribution in [-0.4, -0.2) is 55.1 Å². The maximum absolute atomic E-state index is 13.0. The summed E-state index contributed by atoms with van der Waals surface area (Å²) >= 11 is 1.52. The van der Waals surface area contributed by atoms with Crippen LogP contribution in [0.2, 0.25) is 0 Å². The number of rotatable bonds is 4. The van der Waals surface area contributed by atoms with E-state index in [0.717, 1.165) is 21.3 Å². The molecule has 0 radical (unpaired) electrons. The number of thioether (sulfide) groups is 1. The molecule has 0 atom stereocenters. The second-order valence-electron chi connectivity index (χ2n) is 6.30. The first-order chi connectivity index (χ1) is 12.8. The van der Waals surface area contributed by atoms with Crippen LogP contribution in [0.5, 0.6) is 0 Å². The van der Waals surface area contributed by atoms with Crippen molar-refractivity contribution in [2.45, 2.75) is 11.8 Å². The molecule has 1 aliphatic rings. The second kappa shape index (κ2) is 7.84. The molecule has 0 N–H and O–H groups in total. The number of hydrogen-bond acceptors (Lipinski definition) is 5. The predicted octanol–water partition coefficient (Wildman–Crippen LogP) is 3.12. The van der Waals surface area contributed by atoms with Crippen LogP contribution < -0.4 is 0 Å². The molecular formula is C19H21N3O3S2. The van der Waals surface area contributed by atoms with Gasteiger partial charge in [0.2, 0.25) is 10.0 Å². The quantitative estimate of drug-likeness (QED) is 0.786. The maximum Gasteiger partial charge on any atom is 0.259 e. The Morgan fingerprint density at radius 1 is 1.15 bits per heavy atom. The first-order valence-electron chi connectivity index (χ1n) is 8.42. The molecule has 0 aromatic heterocycles. The van der Waals surface area contributed by atoms with Gasteiger partial charge in [-0.2, -0.15) is 0 Å². The van der Waals surface area contributed by atoms with Gasteiger partial charge in [-0.15, -0.1) is 0 Å². The van der Waals surface area contributed by atoms with Crippen molar-refractivity contribution < 1.29 is 13.2 Å². The molecule has 1 fully saturated rings. The molecule has 1 heterocycles. The molecule has 2 aromatic rings. The highest BCUT2D eigenvalue weighted by molar-refractivity contribution is 8.14. The standard InChI is InChI=1S/C19H21N3O3S2/c1-14-7-4-5-10-17(14)20-19-22(11-12-26-19)18(23)15-8-6-9-16(13-15)27(24,25)21(2)3/h4-10,13H,11-12H2,1-3H3. The van der Waals surface area contributed by atoms with E-state index in [1.807, 2.05) is 31.2 Å². The zero-order valence-corrected chi connectivity index (χ0v) is 17.0. The third-order valence-corrected chi connectivity index (χ3v) is 6.98. The second-order valence-corrected chi connectivity index (χ2v) is 9.52. The van der Waals surface area contributed by atoms with Crippen LogP contribution >= 0.6 is 11.8 Å². The number of amides is 1. The topological polar surface area (TPSA) is 70.0 Å². The molecule has 0 aliphatic carbocycles. The smallest absolute Gasteiger partial charge is 0.259 e. The Morgan fingerprint density at radius 2 is 1.89 bits per heavy atom. The largest absolute Gasteiger partial charge is 0.286 e. The Balaban J connectivity index is 1.93. The number of carbonyl (C=O) groups is 1. The van der Waals surface area contributed by atoms with Gasteiger partial charge in [0.05, 0.1) is 10.6 Å². The molecule has 2 aromatic carbocycles. The fraction of sp³-hybridized carbons (Fsp3) is 0.263. The van der Waals surface area contributed by atoms with Crippen molar-refractivity contribution in [2.24, 2.45) is 4.99 Å². The Labute approximate surface area is 163 Å². The van der Waals surface area contributed by atoms with Crippen LogP contribution in [0.25, 0.3) is 0 Å². The van der Waals surface area contributed by atoms with Crippen LogP contribution in [0.1, 0.15) is 15.9 Å². The number of nitrogens with zero attached hydrogens (tertiary/aromatic N) is 3. The van der Waals surface area contributed by atoms with E-state index in [0.29, 0.717) is 17.3 Å². The number of sulfonamides is 1. The summed E-state index contributed by atoms with van der Waals surface area (Å²) in [5.41, 5.74) is 2.19. The van der Waals surface area contributed by atoms with Gasteiger partial charge in [0.25, 0.3) is 5.91 Å². The molecule has 27 heavy (non-hydrogen) atoms. The first-order valence-corrected chi connectivity index (χ1v) is 10.8. The number of aliphatic imine (C=N–C) groups is 1. The maximum atomic E-state index is 13.0. The molecule has 0 unspecified atom stereocenters. The Bertz CT molecular complexity index is 1000. The normalized spacial score (nSPS) is 16.3. The number of para-hydroxylation sites is 1. The van der Waals surface area contributed by atoms with Crippen molar-refractivity contribution in [1.29, 1.82) is 0 Å². The summed E-state index contributed by atoms with van der Waals surface area (Å²) in [6, 6.07) is 13.9. The summed E-state index contributed by atoms with van der Waals surface area (Å²) < 4.78 is 25.8. The molecule has 6 nitrogen and oxygen atoms in total. The third kappa shape index (κ3) is 4.07. The van der Waals surface area contributed by atoms with Gasteiger partial charge in [-0.3, -0.25) is 9.69 Å². The molecule has 0 saturated carbocycles. The van der Waals surface area contributed by atoms with E-state index in [9.17, 15) is 13.2 Å². The number of aryl methyl sites for hydroxylation is 1. The highest BCUT2D eigenvalue weighted by Crippen LogP contribution is 2.26. The molecule has 0 bridgehead atoms. The third-order valence-electron chi connectivity index (χ3n) is 4.21. The van der Waals surface area contributed by atoms with Crippen LogP contribution in [0.15, 0.2) is 58.4 Å². The summed E-state index contributed by atoms with van der Waals surface area (Å²) in [5.74, 6) is 0.509. The number of hydrogen-bond donors (Lipinski definition) is 0. The molecule has 142 valence electrons. The lowest BCUT2D eigenvalue weighted by molar-refractivity contribution is 0.0859. The Kier molecular flexibility index (Phi) is 5.69. The van der Waals surface area contributed by atoms with Gasteiger partial charge in [-0.05, 0) is 36.8 Å². The minimum Gasteiger partial charge on any atom is -0.286 e. The van der Waals surface area contributed by atoms with Gasteiger partial charge in [-0.1, -0.05) is 36.0 Å². The summed E-state index contributed by atoms with van der Waals surface area (Å²) in [7, 11) is -0.665. The molecule has 1 saturated heterocycles. The minimum atomic E-state index is -3.60. The van der Waals surface area contributed by atoms with Crippen molar-refractivity contribution in [3.8, 4) is 0 Å². The first kappa shape index (κ1) is 19.6. The van der Waals surface area contributed by atoms with Crippen LogP contribution in [-0.2, 0) is 10.0 Å². The van der Waals surface area contributed by atoms with E-state index < -0.39 is 10.0 Å². The van der Waals surface area contributed by atoms with Crippen molar-refractivity contribution in [3.05, 3.63) is 59.7 Å². The summed E-state index contributed by atoms with van der Waals surface area (Å²) in [4.78, 5) is 19.4. The zero-order chi connectivity index (χ0) is 19.6. The van der Waals surface area contributed by atoms with Gasteiger partial charge in [0.1, 0.15) is 0 Å². The van der Waals surface area contributed by atoms with Crippen LogP contribution in [0, 0.1) is 6.92 Å². The van der Waals surface area contributed by atoms with Crippen molar-refractivity contribution in [2.75, 3.05) is 26.4 Å². The lowest BCUT2D eigenvalue weighted by Crippen LogP contribution is -2.32. The van der Waals surface area contributed by atoms with Crippen molar-refractivity contribution in [1.82, 2.24) is 9.21 Å². The van der Waals surface area contributed by atoms with E-state index in [1.54, 1.807) is 17.0 Å². The molecule has 8 heteroatoms. The minimum absolute atomic E-state index is 0.0996. The molecule has 3 rings (SSSR count). The van der Waals surface area contributed by atoms with Gasteiger partial charge < -0.3 is 0 Å². The van der Waals surface area contributed by atoms with Gasteiger partial charge in [-0.25, -0.2) is 17.7 Å².